The molecule has 0 saturated carbocycles. The van der Waals surface area contributed by atoms with Crippen LogP contribution in [0.15, 0.2) is 36.4 Å². The molecule has 7 heteroatoms. The summed E-state index contributed by atoms with van der Waals surface area (Å²) in [4.78, 5) is 15.6. The maximum absolute atomic E-state index is 13.5. The Bertz CT molecular complexity index is 1100. The highest BCUT2D eigenvalue weighted by molar-refractivity contribution is 5.87. The highest BCUT2D eigenvalue weighted by atomic mass is 19.1. The lowest BCUT2D eigenvalue weighted by atomic mass is 9.91. The lowest BCUT2D eigenvalue weighted by Gasteiger charge is -2.24. The van der Waals surface area contributed by atoms with E-state index in [0.717, 1.165) is 35.0 Å². The standard InChI is InChI=1S/C21H19FN4O2/c1-28-21(27)25-14-6-8-19-17(10-14)16-9-13(11-23)5-7-18(16)26(19)12-15-3-2-4-20(22)24-15/h2-5,7,9,14H,6,8,10,12H2,1H3,(H,25,27). The smallest absolute Gasteiger partial charge is 0.407 e. The molecule has 1 atom stereocenters. The van der Waals surface area contributed by atoms with E-state index < -0.39 is 12.0 Å². The number of carbonyl (C=O) groups excluding carboxylic acids is 1. The van der Waals surface area contributed by atoms with Crippen LogP contribution in [0, 0.1) is 17.3 Å². The third-order valence-corrected chi connectivity index (χ3v) is 5.20. The van der Waals surface area contributed by atoms with Crippen LogP contribution in [0.2, 0.25) is 0 Å². The molecule has 142 valence electrons. The van der Waals surface area contributed by atoms with Crippen molar-refractivity contribution in [3.63, 3.8) is 0 Å². The van der Waals surface area contributed by atoms with Gasteiger partial charge < -0.3 is 14.6 Å². The number of alkyl carbamates (subject to hydrolysis) is 1. The molecule has 28 heavy (non-hydrogen) atoms. The van der Waals surface area contributed by atoms with Gasteiger partial charge in [0, 0.05) is 22.6 Å². The van der Waals surface area contributed by atoms with Gasteiger partial charge in [-0.15, -0.1) is 0 Å². The molecule has 2 heterocycles. The van der Waals surface area contributed by atoms with Crippen molar-refractivity contribution >= 4 is 17.0 Å². The second-order valence-electron chi connectivity index (χ2n) is 6.88. The molecule has 2 aromatic heterocycles. The van der Waals surface area contributed by atoms with Gasteiger partial charge in [0.25, 0.3) is 0 Å². The summed E-state index contributed by atoms with van der Waals surface area (Å²) in [6.45, 7) is 0.449. The van der Waals surface area contributed by atoms with E-state index in [1.54, 1.807) is 18.2 Å². The van der Waals surface area contributed by atoms with E-state index in [2.05, 4.69) is 20.9 Å². The normalized spacial score (nSPS) is 15.7. The fraction of sp³-hybridized carbons (Fsp3) is 0.286. The maximum Gasteiger partial charge on any atom is 0.407 e. The number of carbonyl (C=O) groups is 1. The minimum Gasteiger partial charge on any atom is -0.453 e. The van der Waals surface area contributed by atoms with Crippen molar-refractivity contribution in [2.24, 2.45) is 0 Å². The number of fused-ring (bicyclic) bond motifs is 3. The van der Waals surface area contributed by atoms with Crippen LogP contribution in [0.4, 0.5) is 9.18 Å². The third kappa shape index (κ3) is 3.29. The van der Waals surface area contributed by atoms with E-state index in [0.29, 0.717) is 24.2 Å². The number of nitriles is 1. The van der Waals surface area contributed by atoms with Crippen LogP contribution in [-0.2, 0) is 24.1 Å². The molecule has 6 nitrogen and oxygen atoms in total. The maximum atomic E-state index is 13.5. The van der Waals surface area contributed by atoms with Gasteiger partial charge in [0.2, 0.25) is 5.95 Å². The fourth-order valence-electron chi connectivity index (χ4n) is 3.95. The van der Waals surface area contributed by atoms with Gasteiger partial charge in [-0.1, -0.05) is 6.07 Å². The first-order valence-electron chi connectivity index (χ1n) is 9.09. The summed E-state index contributed by atoms with van der Waals surface area (Å²) in [6, 6.07) is 12.5. The molecule has 1 amide bonds. The first-order chi connectivity index (χ1) is 13.6. The fourth-order valence-corrected chi connectivity index (χ4v) is 3.95. The lowest BCUT2D eigenvalue weighted by molar-refractivity contribution is 0.165. The lowest BCUT2D eigenvalue weighted by Crippen LogP contribution is -2.38. The topological polar surface area (TPSA) is 79.9 Å². The second kappa shape index (κ2) is 7.31. The van der Waals surface area contributed by atoms with Crippen molar-refractivity contribution in [1.29, 1.82) is 5.26 Å². The summed E-state index contributed by atoms with van der Waals surface area (Å²) in [5.41, 5.74) is 4.45. The molecule has 4 rings (SSSR count). The molecule has 1 aromatic carbocycles. The molecular formula is C21H19FN4O2. The van der Waals surface area contributed by atoms with Crippen molar-refractivity contribution < 1.29 is 13.9 Å². The number of methoxy groups -OCH3 is 1. The first kappa shape index (κ1) is 18.0. The number of ether oxygens (including phenoxy) is 1. The van der Waals surface area contributed by atoms with Gasteiger partial charge in [0.15, 0.2) is 0 Å². The molecule has 0 radical (unpaired) electrons. The predicted octanol–water partition coefficient (Wildman–Crippen LogP) is 3.31. The van der Waals surface area contributed by atoms with Crippen molar-refractivity contribution in [2.75, 3.05) is 7.11 Å². The molecule has 0 saturated heterocycles. The summed E-state index contributed by atoms with van der Waals surface area (Å²) >= 11 is 0. The number of hydrogen-bond donors (Lipinski definition) is 1. The summed E-state index contributed by atoms with van der Waals surface area (Å²) in [5, 5.41) is 13.2. The zero-order valence-electron chi connectivity index (χ0n) is 15.4. The molecule has 1 unspecified atom stereocenters. The number of hydrogen-bond acceptors (Lipinski definition) is 4. The monoisotopic (exact) mass is 378 g/mol. The Balaban J connectivity index is 1.78. The molecule has 0 aliphatic heterocycles. The minimum atomic E-state index is -0.503. The van der Waals surface area contributed by atoms with Crippen LogP contribution in [0.3, 0.4) is 0 Å². The zero-order valence-corrected chi connectivity index (χ0v) is 15.4. The summed E-state index contributed by atoms with van der Waals surface area (Å²) < 4.78 is 20.4. The van der Waals surface area contributed by atoms with Gasteiger partial charge in [0.05, 0.1) is 31.0 Å². The molecule has 3 aromatic rings. The highest BCUT2D eigenvalue weighted by Crippen LogP contribution is 2.33. The molecule has 1 aliphatic carbocycles. The second-order valence-corrected chi connectivity index (χ2v) is 6.88. The first-order valence-corrected chi connectivity index (χ1v) is 9.09. The number of amides is 1. The predicted molar refractivity (Wildman–Crippen MR) is 101 cm³/mol. The Morgan fingerprint density at radius 1 is 1.43 bits per heavy atom. The molecular weight excluding hydrogens is 359 g/mol. The van der Waals surface area contributed by atoms with Gasteiger partial charge in [-0.2, -0.15) is 9.65 Å². The number of aromatic nitrogens is 2. The Hall–Kier alpha value is -3.40. The van der Waals surface area contributed by atoms with Crippen molar-refractivity contribution in [3.05, 3.63) is 64.9 Å². The number of halogens is 1. The Labute approximate surface area is 161 Å². The zero-order chi connectivity index (χ0) is 19.7. The molecule has 1 aliphatic rings. The van der Waals surface area contributed by atoms with Gasteiger partial charge >= 0.3 is 6.09 Å². The quantitative estimate of drug-likeness (QED) is 0.709. The average Bonchev–Trinajstić information content (AvgIpc) is 3.00. The third-order valence-electron chi connectivity index (χ3n) is 5.20. The minimum absolute atomic E-state index is 0.0305. The Morgan fingerprint density at radius 3 is 3.04 bits per heavy atom. The number of benzene rings is 1. The summed E-state index contributed by atoms with van der Waals surface area (Å²) in [5.74, 6) is -0.503. The van der Waals surface area contributed by atoms with E-state index in [-0.39, 0.29) is 6.04 Å². The van der Waals surface area contributed by atoms with Crippen LogP contribution in [-0.4, -0.2) is 28.8 Å². The summed E-state index contributed by atoms with van der Waals surface area (Å²) in [6.07, 6.45) is 1.74. The Kier molecular flexibility index (Phi) is 4.70. The van der Waals surface area contributed by atoms with Crippen LogP contribution >= 0.6 is 0 Å². The van der Waals surface area contributed by atoms with E-state index >= 15 is 0 Å². The van der Waals surface area contributed by atoms with E-state index in [1.807, 2.05) is 12.1 Å². The van der Waals surface area contributed by atoms with Crippen LogP contribution in [0.5, 0.6) is 0 Å². The number of rotatable bonds is 3. The van der Waals surface area contributed by atoms with Crippen molar-refractivity contribution in [3.8, 4) is 6.07 Å². The SMILES string of the molecule is COC(=O)NC1CCc2c(c3cc(C#N)ccc3n2Cc2cccc(F)n2)C1. The van der Waals surface area contributed by atoms with Gasteiger partial charge in [-0.05, 0) is 55.2 Å². The summed E-state index contributed by atoms with van der Waals surface area (Å²) in [7, 11) is 1.35. The Morgan fingerprint density at radius 2 is 2.29 bits per heavy atom. The van der Waals surface area contributed by atoms with E-state index in [1.165, 1.54) is 13.2 Å². The van der Waals surface area contributed by atoms with Gasteiger partial charge in [0.1, 0.15) is 0 Å². The van der Waals surface area contributed by atoms with Crippen LogP contribution in [0.1, 0.15) is 28.9 Å². The van der Waals surface area contributed by atoms with Crippen molar-refractivity contribution in [1.82, 2.24) is 14.9 Å². The number of nitrogens with one attached hydrogen (secondary N) is 1. The molecule has 1 N–H and O–H groups in total. The number of nitrogens with zero attached hydrogens (tertiary/aromatic N) is 3. The molecule has 0 fully saturated rings. The van der Waals surface area contributed by atoms with E-state index in [4.69, 9.17) is 4.74 Å². The molecule has 0 bridgehead atoms. The number of pyridine rings is 1. The average molecular weight is 378 g/mol. The van der Waals surface area contributed by atoms with Crippen LogP contribution in [0.25, 0.3) is 10.9 Å². The largest absolute Gasteiger partial charge is 0.453 e. The highest BCUT2D eigenvalue weighted by Gasteiger charge is 2.27. The van der Waals surface area contributed by atoms with Gasteiger partial charge in [-0.3, -0.25) is 0 Å². The molecule has 0 spiro atoms. The van der Waals surface area contributed by atoms with E-state index in [9.17, 15) is 14.4 Å². The van der Waals surface area contributed by atoms with Crippen LogP contribution < -0.4 is 5.32 Å². The van der Waals surface area contributed by atoms with Gasteiger partial charge in [-0.25, -0.2) is 9.78 Å². The van der Waals surface area contributed by atoms with Crippen molar-refractivity contribution in [2.45, 2.75) is 31.8 Å².